The number of nitrogens with zero attached hydrogens (tertiary/aromatic N) is 1. The van der Waals surface area contributed by atoms with Crippen LogP contribution in [0.5, 0.6) is 0 Å². The third-order valence-electron chi connectivity index (χ3n) is 4.02. The van der Waals surface area contributed by atoms with Crippen molar-refractivity contribution in [3.63, 3.8) is 0 Å². The lowest BCUT2D eigenvalue weighted by Crippen LogP contribution is -2.42. The molecule has 2 atom stereocenters. The second-order valence-electron chi connectivity index (χ2n) is 5.68. The number of carbonyl (C=O) groups is 2. The van der Waals surface area contributed by atoms with E-state index in [2.05, 4.69) is 0 Å². The molecule has 0 aromatic heterocycles. The van der Waals surface area contributed by atoms with Gasteiger partial charge in [0.25, 0.3) is 0 Å². The van der Waals surface area contributed by atoms with Crippen molar-refractivity contribution in [2.75, 3.05) is 13.1 Å². The number of aliphatic carboxylic acids is 1. The van der Waals surface area contributed by atoms with Crippen molar-refractivity contribution in [3.05, 3.63) is 35.6 Å². The van der Waals surface area contributed by atoms with E-state index >= 15 is 0 Å². The molecule has 1 fully saturated rings. The summed E-state index contributed by atoms with van der Waals surface area (Å²) in [5, 5.41) is 9.05. The zero-order chi connectivity index (χ0) is 15.4. The van der Waals surface area contributed by atoms with Crippen LogP contribution < -0.4 is 0 Å². The molecule has 1 aliphatic heterocycles. The van der Waals surface area contributed by atoms with Crippen molar-refractivity contribution in [1.29, 1.82) is 0 Å². The van der Waals surface area contributed by atoms with Crippen LogP contribution in [0.1, 0.15) is 37.7 Å². The fraction of sp³-hybridized carbons (Fsp3) is 0.500. The number of amides is 1. The quantitative estimate of drug-likeness (QED) is 0.928. The monoisotopic (exact) mass is 293 g/mol. The molecule has 1 aromatic carbocycles. The summed E-state index contributed by atoms with van der Waals surface area (Å²) in [5.41, 5.74) is 0.787. The molecular weight excluding hydrogens is 273 g/mol. The van der Waals surface area contributed by atoms with Crippen molar-refractivity contribution in [1.82, 2.24) is 4.90 Å². The Morgan fingerprint density at radius 2 is 2.24 bits per heavy atom. The highest BCUT2D eigenvalue weighted by atomic mass is 19.1. The fourth-order valence-electron chi connectivity index (χ4n) is 2.73. The zero-order valence-corrected chi connectivity index (χ0v) is 12.1. The molecule has 114 valence electrons. The molecule has 2 unspecified atom stereocenters. The molecule has 0 radical (unpaired) electrons. The number of carboxylic acid groups (broad SMARTS) is 1. The summed E-state index contributed by atoms with van der Waals surface area (Å²) in [5.74, 6) is -1.76. The first-order valence-electron chi connectivity index (χ1n) is 7.23. The lowest BCUT2D eigenvalue weighted by molar-refractivity contribution is -0.145. The average Bonchev–Trinajstić information content (AvgIpc) is 2.47. The van der Waals surface area contributed by atoms with E-state index in [1.807, 2.05) is 6.92 Å². The number of hydrogen-bond donors (Lipinski definition) is 1. The Morgan fingerprint density at radius 1 is 1.48 bits per heavy atom. The molecule has 1 saturated heterocycles. The van der Waals surface area contributed by atoms with E-state index in [0.717, 1.165) is 12.0 Å². The topological polar surface area (TPSA) is 57.6 Å². The summed E-state index contributed by atoms with van der Waals surface area (Å²) in [6, 6.07) is 6.25. The predicted molar refractivity (Wildman–Crippen MR) is 76.4 cm³/mol. The number of carboxylic acids is 1. The van der Waals surface area contributed by atoms with Gasteiger partial charge in [-0.2, -0.15) is 0 Å². The van der Waals surface area contributed by atoms with Crippen LogP contribution in [-0.2, 0) is 9.59 Å². The maximum atomic E-state index is 13.2. The van der Waals surface area contributed by atoms with Crippen LogP contribution in [0.2, 0.25) is 0 Å². The van der Waals surface area contributed by atoms with E-state index in [-0.39, 0.29) is 30.6 Å². The first-order chi connectivity index (χ1) is 9.97. The summed E-state index contributed by atoms with van der Waals surface area (Å²) in [6.07, 6.45) is 1.62. The van der Waals surface area contributed by atoms with Gasteiger partial charge in [-0.3, -0.25) is 9.59 Å². The lowest BCUT2D eigenvalue weighted by atomic mass is 9.94. The Morgan fingerprint density at radius 3 is 2.90 bits per heavy atom. The number of rotatable bonds is 4. The van der Waals surface area contributed by atoms with Gasteiger partial charge in [-0.1, -0.05) is 19.1 Å². The van der Waals surface area contributed by atoms with E-state index in [0.29, 0.717) is 13.0 Å². The van der Waals surface area contributed by atoms with Crippen LogP contribution in [0.15, 0.2) is 24.3 Å². The maximum Gasteiger partial charge on any atom is 0.308 e. The van der Waals surface area contributed by atoms with Gasteiger partial charge in [0.2, 0.25) is 5.91 Å². The van der Waals surface area contributed by atoms with Gasteiger partial charge in [0, 0.05) is 19.5 Å². The maximum absolute atomic E-state index is 13.2. The molecule has 0 spiro atoms. The molecule has 5 heteroatoms. The Bertz CT molecular complexity index is 532. The first kappa shape index (κ1) is 15.5. The van der Waals surface area contributed by atoms with Crippen LogP contribution >= 0.6 is 0 Å². The molecule has 1 heterocycles. The molecule has 21 heavy (non-hydrogen) atoms. The summed E-state index contributed by atoms with van der Waals surface area (Å²) in [6.45, 7) is 2.77. The SMILES string of the molecule is CC(CC(=O)N1CCCC(C(=O)O)C1)c1cccc(F)c1. The van der Waals surface area contributed by atoms with Gasteiger partial charge < -0.3 is 10.0 Å². The zero-order valence-electron chi connectivity index (χ0n) is 12.1. The van der Waals surface area contributed by atoms with E-state index in [1.165, 1.54) is 12.1 Å². The molecule has 0 bridgehead atoms. The number of likely N-dealkylation sites (tertiary alicyclic amines) is 1. The normalized spacial score (nSPS) is 20.1. The van der Waals surface area contributed by atoms with E-state index in [4.69, 9.17) is 5.11 Å². The molecular formula is C16H20FNO3. The third kappa shape index (κ3) is 4.03. The Hall–Kier alpha value is -1.91. The van der Waals surface area contributed by atoms with Crippen LogP contribution in [-0.4, -0.2) is 35.0 Å². The molecule has 1 aromatic rings. The standard InChI is InChI=1S/C16H20FNO3/c1-11(12-4-2-6-14(17)9-12)8-15(19)18-7-3-5-13(10-18)16(20)21/h2,4,6,9,11,13H,3,5,7-8,10H2,1H3,(H,20,21). The smallest absolute Gasteiger partial charge is 0.308 e. The Kier molecular flexibility index (Phi) is 4.94. The molecule has 1 N–H and O–H groups in total. The van der Waals surface area contributed by atoms with Crippen molar-refractivity contribution >= 4 is 11.9 Å². The summed E-state index contributed by atoms with van der Waals surface area (Å²) >= 11 is 0. The highest BCUT2D eigenvalue weighted by Crippen LogP contribution is 2.23. The fourth-order valence-corrected chi connectivity index (χ4v) is 2.73. The summed E-state index contributed by atoms with van der Waals surface area (Å²) in [7, 11) is 0. The Balaban J connectivity index is 1.96. The van der Waals surface area contributed by atoms with Gasteiger partial charge in [0.05, 0.1) is 5.92 Å². The van der Waals surface area contributed by atoms with E-state index in [9.17, 15) is 14.0 Å². The number of halogens is 1. The van der Waals surface area contributed by atoms with E-state index < -0.39 is 11.9 Å². The van der Waals surface area contributed by atoms with Crippen LogP contribution in [0, 0.1) is 11.7 Å². The van der Waals surface area contributed by atoms with Crippen LogP contribution in [0.3, 0.4) is 0 Å². The molecule has 2 rings (SSSR count). The summed E-state index contributed by atoms with van der Waals surface area (Å²) < 4.78 is 13.2. The number of carbonyl (C=O) groups excluding carboxylic acids is 1. The minimum atomic E-state index is -0.842. The van der Waals surface area contributed by atoms with Crippen molar-refractivity contribution in [2.45, 2.75) is 32.1 Å². The van der Waals surface area contributed by atoms with Gasteiger partial charge in [-0.25, -0.2) is 4.39 Å². The van der Waals surface area contributed by atoms with Crippen molar-refractivity contribution in [2.24, 2.45) is 5.92 Å². The second-order valence-corrected chi connectivity index (χ2v) is 5.68. The number of hydrogen-bond acceptors (Lipinski definition) is 2. The van der Waals surface area contributed by atoms with Gasteiger partial charge >= 0.3 is 5.97 Å². The van der Waals surface area contributed by atoms with Crippen molar-refractivity contribution in [3.8, 4) is 0 Å². The molecule has 0 saturated carbocycles. The number of piperidine rings is 1. The van der Waals surface area contributed by atoms with Crippen LogP contribution in [0.4, 0.5) is 4.39 Å². The average molecular weight is 293 g/mol. The minimum Gasteiger partial charge on any atom is -0.481 e. The molecule has 4 nitrogen and oxygen atoms in total. The predicted octanol–water partition coefficient (Wildman–Crippen LogP) is 2.64. The highest BCUT2D eigenvalue weighted by Gasteiger charge is 2.28. The number of benzene rings is 1. The third-order valence-corrected chi connectivity index (χ3v) is 4.02. The first-order valence-corrected chi connectivity index (χ1v) is 7.23. The highest BCUT2D eigenvalue weighted by molar-refractivity contribution is 5.78. The second kappa shape index (κ2) is 6.70. The van der Waals surface area contributed by atoms with Crippen LogP contribution in [0.25, 0.3) is 0 Å². The molecule has 1 amide bonds. The lowest BCUT2D eigenvalue weighted by Gasteiger charge is -2.31. The minimum absolute atomic E-state index is 0.0577. The van der Waals surface area contributed by atoms with Gasteiger partial charge in [-0.05, 0) is 36.5 Å². The molecule has 1 aliphatic rings. The van der Waals surface area contributed by atoms with Crippen molar-refractivity contribution < 1.29 is 19.1 Å². The van der Waals surface area contributed by atoms with Gasteiger partial charge in [0.1, 0.15) is 5.82 Å². The summed E-state index contributed by atoms with van der Waals surface area (Å²) in [4.78, 5) is 24.9. The van der Waals surface area contributed by atoms with E-state index in [1.54, 1.807) is 17.0 Å². The van der Waals surface area contributed by atoms with Gasteiger partial charge in [-0.15, -0.1) is 0 Å². The molecule has 0 aliphatic carbocycles. The van der Waals surface area contributed by atoms with Gasteiger partial charge in [0.15, 0.2) is 0 Å². The largest absolute Gasteiger partial charge is 0.481 e. The Labute approximate surface area is 123 Å².